The van der Waals surface area contributed by atoms with E-state index in [1.54, 1.807) is 0 Å². The third-order valence-corrected chi connectivity index (χ3v) is 6.90. The summed E-state index contributed by atoms with van der Waals surface area (Å²) < 4.78 is 0. The molecule has 33 heavy (non-hydrogen) atoms. The molecule has 4 aromatic rings. The monoisotopic (exact) mass is 459 g/mol. The van der Waals surface area contributed by atoms with Crippen molar-refractivity contribution in [3.05, 3.63) is 89.6 Å². The van der Waals surface area contributed by atoms with Crippen molar-refractivity contribution in [2.24, 2.45) is 0 Å². The molecule has 1 aromatic heterocycles. The van der Waals surface area contributed by atoms with E-state index in [4.69, 9.17) is 0 Å². The van der Waals surface area contributed by atoms with Crippen molar-refractivity contribution in [1.29, 1.82) is 0 Å². The number of nitrogens with one attached hydrogen (secondary N) is 2. The lowest BCUT2D eigenvalue weighted by Gasteiger charge is -2.23. The fourth-order valence-corrected chi connectivity index (χ4v) is 4.75. The van der Waals surface area contributed by atoms with Gasteiger partial charge in [-0.25, -0.2) is 4.79 Å². The van der Waals surface area contributed by atoms with Crippen molar-refractivity contribution in [3.8, 4) is 0 Å². The van der Waals surface area contributed by atoms with Gasteiger partial charge in [-0.1, -0.05) is 54.2 Å². The molecular weight excluding hydrogens is 430 g/mol. The number of nitrogens with zero attached hydrogens (tertiary/aromatic N) is 1. The van der Waals surface area contributed by atoms with Crippen LogP contribution in [0.1, 0.15) is 35.5 Å². The quantitative estimate of drug-likeness (QED) is 0.280. The molecule has 0 spiro atoms. The second-order valence-corrected chi connectivity index (χ2v) is 9.49. The van der Waals surface area contributed by atoms with Crippen LogP contribution in [0.2, 0.25) is 0 Å². The van der Waals surface area contributed by atoms with Crippen LogP contribution in [0, 0.1) is 0 Å². The summed E-state index contributed by atoms with van der Waals surface area (Å²) in [6, 6.07) is 25.0. The van der Waals surface area contributed by atoms with Crippen LogP contribution in [0.4, 0.5) is 5.69 Å². The fraction of sp³-hybridized carbons (Fsp3) is 0.222. The number of carboxylic acids is 1. The first kappa shape index (κ1) is 23.0. The molecule has 0 unspecified atom stereocenters. The first-order valence-electron chi connectivity index (χ1n) is 11.1. The Morgan fingerprint density at radius 3 is 2.33 bits per heavy atom. The Morgan fingerprint density at radius 1 is 1.00 bits per heavy atom. The van der Waals surface area contributed by atoms with Crippen LogP contribution < -0.4 is 10.2 Å². The van der Waals surface area contributed by atoms with Gasteiger partial charge < -0.3 is 20.3 Å². The fourth-order valence-electron chi connectivity index (χ4n) is 3.69. The average molecular weight is 460 g/mol. The number of aromatic nitrogens is 1. The highest BCUT2D eigenvalue weighted by atomic mass is 32.2. The van der Waals surface area contributed by atoms with Gasteiger partial charge in [0.25, 0.3) is 0 Å². The van der Waals surface area contributed by atoms with Crippen molar-refractivity contribution < 1.29 is 9.90 Å². The first-order chi connectivity index (χ1) is 15.9. The lowest BCUT2D eigenvalue weighted by molar-refractivity contribution is 0.0688. The number of carbonyl (C=O) groups is 1. The zero-order chi connectivity index (χ0) is 23.4. The zero-order valence-electron chi connectivity index (χ0n) is 19.1. The van der Waals surface area contributed by atoms with Gasteiger partial charge in [0.2, 0.25) is 0 Å². The van der Waals surface area contributed by atoms with E-state index in [2.05, 4.69) is 66.4 Å². The number of carboxylic acid groups (broad SMARTS) is 1. The Morgan fingerprint density at radius 2 is 1.67 bits per heavy atom. The predicted octanol–water partition coefficient (Wildman–Crippen LogP) is 6.15. The minimum absolute atomic E-state index is 0.232. The molecule has 0 bridgehead atoms. The number of H-pyrrole nitrogens is 1. The van der Waals surface area contributed by atoms with Gasteiger partial charge in [0, 0.05) is 47.7 Å². The van der Waals surface area contributed by atoms with Crippen LogP contribution in [-0.2, 0) is 13.1 Å². The summed E-state index contributed by atoms with van der Waals surface area (Å²) in [5.74, 6) is -0.948. The molecular formula is C27H29N3O2S. The second kappa shape index (κ2) is 10.1. The molecule has 4 rings (SSSR count). The Hall–Kier alpha value is -3.22. The summed E-state index contributed by atoms with van der Waals surface area (Å²) in [6.45, 7) is 5.83. The number of anilines is 1. The van der Waals surface area contributed by atoms with Gasteiger partial charge in [0.1, 0.15) is 5.69 Å². The predicted molar refractivity (Wildman–Crippen MR) is 136 cm³/mol. The van der Waals surface area contributed by atoms with Gasteiger partial charge in [-0.15, -0.1) is 0 Å². The minimum Gasteiger partial charge on any atom is -0.477 e. The number of benzene rings is 3. The molecule has 0 fully saturated rings. The highest BCUT2D eigenvalue weighted by Gasteiger charge is 2.18. The topological polar surface area (TPSA) is 68.4 Å². The van der Waals surface area contributed by atoms with Gasteiger partial charge in [-0.05, 0) is 55.3 Å². The summed E-state index contributed by atoms with van der Waals surface area (Å²) in [5, 5.41) is 14.1. The molecule has 0 aliphatic carbocycles. The van der Waals surface area contributed by atoms with Crippen LogP contribution in [0.25, 0.3) is 10.9 Å². The standard InChI is InChI=1S/C27H29N3O2S/c1-18(2)30(3)21-12-9-19(10-13-21)16-28-17-20-11-14-23-24(15-20)29-25(27(31)32)26(23)33-22-7-5-4-6-8-22/h4-15,18,28-29H,16-17H2,1-3H3,(H,31,32). The van der Waals surface area contributed by atoms with Crippen molar-refractivity contribution >= 4 is 34.3 Å². The third-order valence-electron chi connectivity index (χ3n) is 5.77. The van der Waals surface area contributed by atoms with Gasteiger partial charge in [-0.3, -0.25) is 0 Å². The lowest BCUT2D eigenvalue weighted by Crippen LogP contribution is -2.25. The van der Waals surface area contributed by atoms with Crippen molar-refractivity contribution in [2.75, 3.05) is 11.9 Å². The van der Waals surface area contributed by atoms with E-state index in [-0.39, 0.29) is 5.69 Å². The highest BCUT2D eigenvalue weighted by Crippen LogP contribution is 2.37. The highest BCUT2D eigenvalue weighted by molar-refractivity contribution is 7.99. The normalized spacial score (nSPS) is 11.3. The molecule has 1 heterocycles. The summed E-state index contributed by atoms with van der Waals surface area (Å²) in [7, 11) is 2.11. The number of hydrogen-bond donors (Lipinski definition) is 3. The number of fused-ring (bicyclic) bond motifs is 1. The molecule has 170 valence electrons. The molecule has 0 saturated carbocycles. The Labute approximate surface area is 198 Å². The van der Waals surface area contributed by atoms with E-state index in [0.29, 0.717) is 12.6 Å². The van der Waals surface area contributed by atoms with Crippen LogP contribution in [0.5, 0.6) is 0 Å². The van der Waals surface area contributed by atoms with E-state index >= 15 is 0 Å². The van der Waals surface area contributed by atoms with E-state index in [0.717, 1.165) is 32.8 Å². The maximum absolute atomic E-state index is 11.8. The van der Waals surface area contributed by atoms with Crippen LogP contribution >= 0.6 is 11.8 Å². The number of aromatic carboxylic acids is 1. The van der Waals surface area contributed by atoms with Crippen molar-refractivity contribution in [3.63, 3.8) is 0 Å². The van der Waals surface area contributed by atoms with Gasteiger partial charge in [-0.2, -0.15) is 0 Å². The van der Waals surface area contributed by atoms with E-state index < -0.39 is 5.97 Å². The number of rotatable bonds is 9. The minimum atomic E-state index is -0.948. The van der Waals surface area contributed by atoms with E-state index in [9.17, 15) is 9.90 Å². The molecule has 6 heteroatoms. The van der Waals surface area contributed by atoms with Crippen molar-refractivity contribution in [1.82, 2.24) is 10.3 Å². The molecule has 0 radical (unpaired) electrons. The Balaban J connectivity index is 1.45. The van der Waals surface area contributed by atoms with Crippen LogP contribution in [0.15, 0.2) is 82.6 Å². The molecule has 3 N–H and O–H groups in total. The van der Waals surface area contributed by atoms with E-state index in [1.165, 1.54) is 23.0 Å². The van der Waals surface area contributed by atoms with Gasteiger partial charge in [0.05, 0.1) is 4.90 Å². The molecule has 0 saturated heterocycles. The number of aromatic amines is 1. The average Bonchev–Trinajstić information content (AvgIpc) is 3.17. The molecule has 0 atom stereocenters. The molecule has 0 aliphatic heterocycles. The molecule has 0 aliphatic rings. The summed E-state index contributed by atoms with van der Waals surface area (Å²) in [5.41, 5.74) is 4.62. The Bertz CT molecular complexity index is 1230. The smallest absolute Gasteiger partial charge is 0.353 e. The molecule has 0 amide bonds. The van der Waals surface area contributed by atoms with Gasteiger partial charge in [0.15, 0.2) is 0 Å². The summed E-state index contributed by atoms with van der Waals surface area (Å²) in [4.78, 5) is 18.9. The lowest BCUT2D eigenvalue weighted by atomic mass is 10.1. The summed E-state index contributed by atoms with van der Waals surface area (Å²) >= 11 is 1.47. The van der Waals surface area contributed by atoms with Crippen LogP contribution in [0.3, 0.4) is 0 Å². The van der Waals surface area contributed by atoms with Crippen LogP contribution in [-0.4, -0.2) is 29.1 Å². The third kappa shape index (κ3) is 5.41. The van der Waals surface area contributed by atoms with Gasteiger partial charge >= 0.3 is 5.97 Å². The van der Waals surface area contributed by atoms with E-state index in [1.807, 2.05) is 42.5 Å². The molecule has 3 aromatic carbocycles. The second-order valence-electron chi connectivity index (χ2n) is 8.40. The van der Waals surface area contributed by atoms with Crippen molar-refractivity contribution in [2.45, 2.75) is 42.8 Å². The summed E-state index contributed by atoms with van der Waals surface area (Å²) in [6.07, 6.45) is 0. The first-order valence-corrected chi connectivity index (χ1v) is 11.9. The molecule has 5 nitrogen and oxygen atoms in total. The largest absolute Gasteiger partial charge is 0.477 e. The number of hydrogen-bond acceptors (Lipinski definition) is 4. The maximum Gasteiger partial charge on any atom is 0.353 e. The Kier molecular flexibility index (Phi) is 7.06. The SMILES string of the molecule is CC(C)N(C)c1ccc(CNCc2ccc3c(Sc4ccccc4)c(C(=O)O)[nH]c3c2)cc1. The zero-order valence-corrected chi connectivity index (χ0v) is 19.9. The maximum atomic E-state index is 11.8.